The first-order valence-corrected chi connectivity index (χ1v) is 4.11. The Labute approximate surface area is 82.8 Å². The van der Waals surface area contributed by atoms with Gasteiger partial charge < -0.3 is 14.9 Å². The van der Waals surface area contributed by atoms with Gasteiger partial charge in [-0.3, -0.25) is 4.79 Å². The maximum Gasteiger partial charge on any atom is 0.300 e. The van der Waals surface area contributed by atoms with Gasteiger partial charge in [0.05, 0.1) is 0 Å². The van der Waals surface area contributed by atoms with Crippen LogP contribution in [0.4, 0.5) is 0 Å². The molecule has 0 spiro atoms. The smallest absolute Gasteiger partial charge is 0.300 e. The number of ether oxygens (including phenoxy) is 1. The molecule has 1 unspecified atom stereocenters. The highest BCUT2D eigenvalue weighted by Gasteiger charge is 1.94. The first kappa shape index (κ1) is 12.4. The maximum absolute atomic E-state index is 9.00. The number of hydrogen-bond donors (Lipinski definition) is 2. The monoisotopic (exact) mass is 198 g/mol. The molecule has 1 aromatic carbocycles. The van der Waals surface area contributed by atoms with Crippen molar-refractivity contribution in [2.24, 2.45) is 0 Å². The summed E-state index contributed by atoms with van der Waals surface area (Å²) in [6.07, 6.45) is -0.734. The van der Waals surface area contributed by atoms with Gasteiger partial charge in [-0.2, -0.15) is 0 Å². The van der Waals surface area contributed by atoms with Crippen LogP contribution in [0.5, 0.6) is 5.75 Å². The van der Waals surface area contributed by atoms with Gasteiger partial charge in [-0.05, 0) is 19.1 Å². The Morgan fingerprint density at radius 1 is 1.36 bits per heavy atom. The SMILES string of the molecule is CC(=O)O.CC(O)Oc1ccccc1. The first-order chi connectivity index (χ1) is 6.52. The molecular weight excluding hydrogens is 184 g/mol. The van der Waals surface area contributed by atoms with Crippen LogP contribution in [0.1, 0.15) is 13.8 Å². The van der Waals surface area contributed by atoms with E-state index in [9.17, 15) is 0 Å². The van der Waals surface area contributed by atoms with Gasteiger partial charge in [-0.25, -0.2) is 0 Å². The van der Waals surface area contributed by atoms with Crippen molar-refractivity contribution in [2.75, 3.05) is 0 Å². The first-order valence-electron chi connectivity index (χ1n) is 4.11. The fraction of sp³-hybridized carbons (Fsp3) is 0.300. The lowest BCUT2D eigenvalue weighted by molar-refractivity contribution is -0.134. The Kier molecular flexibility index (Phi) is 6.15. The van der Waals surface area contributed by atoms with E-state index in [0.717, 1.165) is 6.92 Å². The Bertz CT molecular complexity index is 252. The van der Waals surface area contributed by atoms with Crippen LogP contribution in [0.3, 0.4) is 0 Å². The minimum Gasteiger partial charge on any atom is -0.481 e. The minimum atomic E-state index is -0.833. The van der Waals surface area contributed by atoms with Gasteiger partial charge in [0.25, 0.3) is 5.97 Å². The molecule has 4 nitrogen and oxygen atoms in total. The zero-order valence-corrected chi connectivity index (χ0v) is 8.18. The van der Waals surface area contributed by atoms with Crippen LogP contribution < -0.4 is 4.74 Å². The van der Waals surface area contributed by atoms with E-state index in [1.165, 1.54) is 0 Å². The average molecular weight is 198 g/mol. The van der Waals surface area contributed by atoms with Crippen LogP contribution in [0, 0.1) is 0 Å². The summed E-state index contributed by atoms with van der Waals surface area (Å²) < 4.78 is 4.97. The summed E-state index contributed by atoms with van der Waals surface area (Å²) >= 11 is 0. The number of carboxylic acids is 1. The van der Waals surface area contributed by atoms with E-state index in [1.807, 2.05) is 18.2 Å². The molecule has 0 aliphatic heterocycles. The number of rotatable bonds is 2. The number of carbonyl (C=O) groups is 1. The lowest BCUT2D eigenvalue weighted by Crippen LogP contribution is -2.08. The van der Waals surface area contributed by atoms with E-state index in [-0.39, 0.29) is 0 Å². The van der Waals surface area contributed by atoms with Gasteiger partial charge in [-0.15, -0.1) is 0 Å². The van der Waals surface area contributed by atoms with Gasteiger partial charge in [0, 0.05) is 6.92 Å². The van der Waals surface area contributed by atoms with Crippen LogP contribution in [-0.2, 0) is 4.79 Å². The van der Waals surface area contributed by atoms with Gasteiger partial charge in [0.1, 0.15) is 5.75 Å². The lowest BCUT2D eigenvalue weighted by Gasteiger charge is -2.06. The summed E-state index contributed by atoms with van der Waals surface area (Å²) in [5.41, 5.74) is 0. The summed E-state index contributed by atoms with van der Waals surface area (Å²) in [4.78, 5) is 9.00. The summed E-state index contributed by atoms with van der Waals surface area (Å²) in [5, 5.41) is 16.2. The highest BCUT2D eigenvalue weighted by atomic mass is 16.6. The highest BCUT2D eigenvalue weighted by molar-refractivity contribution is 5.62. The second kappa shape index (κ2) is 6.91. The Balaban J connectivity index is 0.000000364. The zero-order valence-electron chi connectivity index (χ0n) is 8.18. The predicted molar refractivity (Wildman–Crippen MR) is 52.1 cm³/mol. The third-order valence-electron chi connectivity index (χ3n) is 1.05. The van der Waals surface area contributed by atoms with Crippen molar-refractivity contribution >= 4 is 5.97 Å². The van der Waals surface area contributed by atoms with E-state index >= 15 is 0 Å². The van der Waals surface area contributed by atoms with E-state index in [2.05, 4.69) is 0 Å². The van der Waals surface area contributed by atoms with Crippen molar-refractivity contribution in [3.8, 4) is 5.75 Å². The van der Waals surface area contributed by atoms with Gasteiger partial charge >= 0.3 is 0 Å². The number of aliphatic carboxylic acids is 1. The number of benzene rings is 1. The number of carboxylic acid groups (broad SMARTS) is 1. The van der Waals surface area contributed by atoms with Crippen molar-refractivity contribution < 1.29 is 19.7 Å². The minimum absolute atomic E-state index is 0.692. The van der Waals surface area contributed by atoms with Crippen molar-refractivity contribution in [2.45, 2.75) is 20.1 Å². The van der Waals surface area contributed by atoms with Crippen molar-refractivity contribution in [3.63, 3.8) is 0 Å². The summed E-state index contributed by atoms with van der Waals surface area (Å²) in [7, 11) is 0. The second-order valence-corrected chi connectivity index (χ2v) is 2.55. The average Bonchev–Trinajstić information content (AvgIpc) is 2.03. The van der Waals surface area contributed by atoms with Crippen molar-refractivity contribution in [1.82, 2.24) is 0 Å². The molecule has 0 aromatic heterocycles. The van der Waals surface area contributed by atoms with Crippen LogP contribution in [0.15, 0.2) is 30.3 Å². The third kappa shape index (κ3) is 8.55. The molecule has 2 N–H and O–H groups in total. The van der Waals surface area contributed by atoms with Crippen molar-refractivity contribution in [3.05, 3.63) is 30.3 Å². The predicted octanol–water partition coefficient (Wildman–Crippen LogP) is 1.49. The van der Waals surface area contributed by atoms with Gasteiger partial charge in [0.15, 0.2) is 6.29 Å². The van der Waals surface area contributed by atoms with E-state index in [1.54, 1.807) is 19.1 Å². The molecule has 14 heavy (non-hydrogen) atoms. The zero-order chi connectivity index (χ0) is 11.0. The maximum atomic E-state index is 9.00. The molecule has 78 valence electrons. The van der Waals surface area contributed by atoms with E-state index < -0.39 is 12.3 Å². The molecule has 0 heterocycles. The van der Waals surface area contributed by atoms with Crippen LogP contribution in [-0.4, -0.2) is 22.5 Å². The van der Waals surface area contributed by atoms with Crippen LogP contribution in [0.25, 0.3) is 0 Å². The molecule has 0 amide bonds. The Hall–Kier alpha value is -1.55. The van der Waals surface area contributed by atoms with Gasteiger partial charge in [-0.1, -0.05) is 18.2 Å². The molecule has 4 heteroatoms. The standard InChI is InChI=1S/C8H10O2.C2H4O2/c1-7(9)10-8-5-3-2-4-6-8;1-2(3)4/h2-7,9H,1H3;1H3,(H,3,4). The molecule has 0 saturated carbocycles. The van der Waals surface area contributed by atoms with E-state index in [4.69, 9.17) is 19.7 Å². The number of hydrogen-bond acceptors (Lipinski definition) is 3. The largest absolute Gasteiger partial charge is 0.481 e. The molecule has 0 saturated heterocycles. The fourth-order valence-corrected chi connectivity index (χ4v) is 0.696. The van der Waals surface area contributed by atoms with Crippen molar-refractivity contribution in [1.29, 1.82) is 0 Å². The number of aliphatic hydroxyl groups excluding tert-OH is 1. The van der Waals surface area contributed by atoms with Gasteiger partial charge in [0.2, 0.25) is 0 Å². The molecule has 1 aromatic rings. The highest BCUT2D eigenvalue weighted by Crippen LogP contribution is 2.08. The molecule has 0 bridgehead atoms. The quantitative estimate of drug-likeness (QED) is 0.706. The second-order valence-electron chi connectivity index (χ2n) is 2.55. The summed E-state index contributed by atoms with van der Waals surface area (Å²) in [5.74, 6) is -0.141. The normalized spacial score (nSPS) is 10.8. The Morgan fingerprint density at radius 2 is 1.79 bits per heavy atom. The fourth-order valence-electron chi connectivity index (χ4n) is 0.696. The molecule has 1 atom stereocenters. The van der Waals surface area contributed by atoms with Crippen LogP contribution in [0.2, 0.25) is 0 Å². The summed E-state index contributed by atoms with van der Waals surface area (Å²) in [6.45, 7) is 2.66. The topological polar surface area (TPSA) is 66.8 Å². The third-order valence-corrected chi connectivity index (χ3v) is 1.05. The molecule has 0 fully saturated rings. The van der Waals surface area contributed by atoms with Crippen LogP contribution >= 0.6 is 0 Å². The lowest BCUT2D eigenvalue weighted by atomic mass is 10.3. The molecule has 1 rings (SSSR count). The van der Waals surface area contributed by atoms with E-state index in [0.29, 0.717) is 5.75 Å². The molecule has 0 aliphatic carbocycles. The number of para-hydroxylation sites is 1. The Morgan fingerprint density at radius 3 is 2.14 bits per heavy atom. The summed E-state index contributed by atoms with van der Waals surface area (Å²) in [6, 6.07) is 9.21. The molecule has 0 aliphatic rings. The molecule has 0 radical (unpaired) electrons. The molecular formula is C10H14O4. The number of aliphatic hydroxyl groups is 1.